The Kier molecular flexibility index (Phi) is 5.63. The fourth-order valence-electron chi connectivity index (χ4n) is 1.12. The van der Waals surface area contributed by atoms with Gasteiger partial charge in [0.2, 0.25) is 0 Å². The van der Waals surface area contributed by atoms with Crippen LogP contribution in [0.1, 0.15) is 13.3 Å². The van der Waals surface area contributed by atoms with Gasteiger partial charge in [-0.3, -0.25) is 4.79 Å². The maximum absolute atomic E-state index is 11.3. The fourth-order valence-corrected chi connectivity index (χ4v) is 1.12. The van der Waals surface area contributed by atoms with E-state index in [0.717, 1.165) is 0 Å². The van der Waals surface area contributed by atoms with Crippen LogP contribution in [0.4, 0.5) is 0 Å². The van der Waals surface area contributed by atoms with Crippen molar-refractivity contribution in [2.45, 2.75) is 19.9 Å². The molecule has 6 nitrogen and oxygen atoms in total. The van der Waals surface area contributed by atoms with Crippen LogP contribution in [-0.2, 0) is 25.6 Å². The van der Waals surface area contributed by atoms with Crippen molar-refractivity contribution in [2.24, 2.45) is 0 Å². The third-order valence-electron chi connectivity index (χ3n) is 2.06. The second kappa shape index (κ2) is 7.26. The zero-order valence-corrected chi connectivity index (χ0v) is 10.3. The van der Waals surface area contributed by atoms with Crippen LogP contribution in [-0.4, -0.2) is 34.7 Å². The summed E-state index contributed by atoms with van der Waals surface area (Å²) in [4.78, 5) is 26.2. The van der Waals surface area contributed by atoms with E-state index in [2.05, 4.69) is 11.6 Å². The van der Waals surface area contributed by atoms with Gasteiger partial charge in [-0.2, -0.15) is 0 Å². The van der Waals surface area contributed by atoms with Gasteiger partial charge in [0.1, 0.15) is 13.2 Å². The van der Waals surface area contributed by atoms with Crippen LogP contribution in [0.25, 0.3) is 0 Å². The van der Waals surface area contributed by atoms with Crippen LogP contribution in [0, 0.1) is 0 Å². The van der Waals surface area contributed by atoms with Gasteiger partial charge < -0.3 is 14.0 Å². The molecule has 0 N–H and O–H groups in total. The normalized spacial score (nSPS) is 9.83. The van der Waals surface area contributed by atoms with E-state index < -0.39 is 5.97 Å². The van der Waals surface area contributed by atoms with Gasteiger partial charge >= 0.3 is 11.9 Å². The highest BCUT2D eigenvalue weighted by Gasteiger charge is 2.05. The van der Waals surface area contributed by atoms with Crippen LogP contribution >= 0.6 is 0 Å². The molecule has 0 aliphatic carbocycles. The molecule has 0 aliphatic rings. The van der Waals surface area contributed by atoms with Gasteiger partial charge in [-0.25, -0.2) is 9.78 Å². The number of carbonyl (C=O) groups is 2. The average Bonchev–Trinajstić information content (AvgIpc) is 2.84. The number of carbonyl (C=O) groups excluding carboxylic acids is 2. The third-order valence-corrected chi connectivity index (χ3v) is 2.06. The molecule has 0 aromatic carbocycles. The van der Waals surface area contributed by atoms with Gasteiger partial charge in [0.05, 0.1) is 12.7 Å². The number of aromatic nitrogens is 2. The standard InChI is InChI=1S/C12H16N2O4/c1-10(2)12(16)18-8-7-17-11(15)3-5-14-6-4-13-9-14/h4,6,9H,1,3,5,7-8H2,2H3. The molecule has 0 saturated heterocycles. The summed E-state index contributed by atoms with van der Waals surface area (Å²) < 4.78 is 11.4. The molecule has 1 heterocycles. The van der Waals surface area contributed by atoms with Crippen LogP contribution < -0.4 is 0 Å². The number of esters is 2. The fraction of sp³-hybridized carbons (Fsp3) is 0.417. The summed E-state index contributed by atoms with van der Waals surface area (Å²) in [7, 11) is 0. The summed E-state index contributed by atoms with van der Waals surface area (Å²) in [5.74, 6) is -0.820. The molecule has 0 radical (unpaired) electrons. The molecule has 98 valence electrons. The first-order chi connectivity index (χ1) is 8.59. The lowest BCUT2D eigenvalue weighted by Gasteiger charge is -2.06. The minimum Gasteiger partial charge on any atom is -0.462 e. The first kappa shape index (κ1) is 14.0. The van der Waals surface area contributed by atoms with Gasteiger partial charge in [-0.05, 0) is 6.92 Å². The number of hydrogen-bond donors (Lipinski definition) is 0. The highest BCUT2D eigenvalue weighted by Crippen LogP contribution is 1.95. The summed E-state index contributed by atoms with van der Waals surface area (Å²) in [5, 5.41) is 0. The monoisotopic (exact) mass is 252 g/mol. The van der Waals surface area contributed by atoms with Gasteiger partial charge in [0.15, 0.2) is 0 Å². The Balaban J connectivity index is 2.07. The lowest BCUT2D eigenvalue weighted by Crippen LogP contribution is -2.15. The van der Waals surface area contributed by atoms with E-state index in [1.807, 2.05) is 0 Å². The van der Waals surface area contributed by atoms with Crippen molar-refractivity contribution in [3.63, 3.8) is 0 Å². The van der Waals surface area contributed by atoms with Gasteiger partial charge in [-0.1, -0.05) is 6.58 Å². The molecule has 0 atom stereocenters. The molecule has 0 spiro atoms. The number of hydrogen-bond acceptors (Lipinski definition) is 5. The Labute approximate surface area is 105 Å². The molecular formula is C12H16N2O4. The zero-order chi connectivity index (χ0) is 13.4. The molecule has 0 unspecified atom stereocenters. The second-order valence-corrected chi connectivity index (χ2v) is 3.69. The van der Waals surface area contributed by atoms with E-state index >= 15 is 0 Å². The first-order valence-corrected chi connectivity index (χ1v) is 5.53. The Hall–Kier alpha value is -2.11. The predicted octanol–water partition coefficient (Wildman–Crippen LogP) is 0.936. The molecule has 0 fully saturated rings. The zero-order valence-electron chi connectivity index (χ0n) is 10.3. The Morgan fingerprint density at radius 1 is 1.33 bits per heavy atom. The van der Waals surface area contributed by atoms with E-state index in [9.17, 15) is 9.59 Å². The number of ether oxygens (including phenoxy) is 2. The molecule has 0 saturated carbocycles. The second-order valence-electron chi connectivity index (χ2n) is 3.69. The Morgan fingerprint density at radius 2 is 2.06 bits per heavy atom. The smallest absolute Gasteiger partial charge is 0.333 e. The van der Waals surface area contributed by atoms with Crippen molar-refractivity contribution in [1.29, 1.82) is 0 Å². The molecule has 0 amide bonds. The van der Waals surface area contributed by atoms with Crippen LogP contribution in [0.5, 0.6) is 0 Å². The van der Waals surface area contributed by atoms with Crippen molar-refractivity contribution < 1.29 is 19.1 Å². The summed E-state index contributed by atoms with van der Waals surface area (Å²) in [6.45, 7) is 5.61. The lowest BCUT2D eigenvalue weighted by molar-refractivity contribution is -0.150. The number of aryl methyl sites for hydroxylation is 1. The molecule has 1 aromatic heterocycles. The SMILES string of the molecule is C=C(C)C(=O)OCCOC(=O)CCn1ccnc1. The van der Waals surface area contributed by atoms with Gasteiger partial charge in [0, 0.05) is 24.5 Å². The van der Waals surface area contributed by atoms with E-state index in [0.29, 0.717) is 12.1 Å². The molecule has 0 bridgehead atoms. The third kappa shape index (κ3) is 5.29. The predicted molar refractivity (Wildman–Crippen MR) is 63.6 cm³/mol. The van der Waals surface area contributed by atoms with Crippen molar-refractivity contribution in [3.8, 4) is 0 Å². The quantitative estimate of drug-likeness (QED) is 0.410. The molecule has 0 aliphatic heterocycles. The van der Waals surface area contributed by atoms with E-state index in [1.54, 1.807) is 30.2 Å². The van der Waals surface area contributed by atoms with Crippen molar-refractivity contribution in [1.82, 2.24) is 9.55 Å². The maximum Gasteiger partial charge on any atom is 0.333 e. The summed E-state index contributed by atoms with van der Waals surface area (Å²) in [6.07, 6.45) is 5.29. The summed E-state index contributed by atoms with van der Waals surface area (Å²) in [6, 6.07) is 0. The first-order valence-electron chi connectivity index (χ1n) is 5.53. The minimum absolute atomic E-state index is 0.0442. The molecule has 6 heteroatoms. The van der Waals surface area contributed by atoms with Crippen molar-refractivity contribution in [3.05, 3.63) is 30.9 Å². The van der Waals surface area contributed by atoms with Crippen LogP contribution in [0.2, 0.25) is 0 Å². The van der Waals surface area contributed by atoms with E-state index in [1.165, 1.54) is 0 Å². The number of nitrogens with zero attached hydrogens (tertiary/aromatic N) is 2. The molecule has 1 aromatic rings. The van der Waals surface area contributed by atoms with E-state index in [-0.39, 0.29) is 25.6 Å². The van der Waals surface area contributed by atoms with Crippen molar-refractivity contribution >= 4 is 11.9 Å². The largest absolute Gasteiger partial charge is 0.462 e. The Morgan fingerprint density at radius 3 is 2.67 bits per heavy atom. The van der Waals surface area contributed by atoms with E-state index in [4.69, 9.17) is 9.47 Å². The molecular weight excluding hydrogens is 236 g/mol. The average molecular weight is 252 g/mol. The summed E-state index contributed by atoms with van der Waals surface area (Å²) >= 11 is 0. The van der Waals surface area contributed by atoms with Crippen LogP contribution in [0.3, 0.4) is 0 Å². The molecule has 1 rings (SSSR count). The topological polar surface area (TPSA) is 70.4 Å². The molecule has 18 heavy (non-hydrogen) atoms. The van der Waals surface area contributed by atoms with Crippen molar-refractivity contribution in [2.75, 3.05) is 13.2 Å². The van der Waals surface area contributed by atoms with Gasteiger partial charge in [0.25, 0.3) is 0 Å². The number of rotatable bonds is 7. The summed E-state index contributed by atoms with van der Waals surface area (Å²) in [5.41, 5.74) is 0.321. The highest BCUT2D eigenvalue weighted by atomic mass is 16.6. The minimum atomic E-state index is -0.482. The Bertz CT molecular complexity index is 412. The maximum atomic E-state index is 11.3. The van der Waals surface area contributed by atoms with Gasteiger partial charge in [-0.15, -0.1) is 0 Å². The lowest BCUT2D eigenvalue weighted by atomic mass is 10.4. The highest BCUT2D eigenvalue weighted by molar-refractivity contribution is 5.86. The number of imidazole rings is 1. The van der Waals surface area contributed by atoms with Crippen LogP contribution in [0.15, 0.2) is 30.9 Å².